The normalized spacial score (nSPS) is 19.1. The Morgan fingerprint density at radius 1 is 1.29 bits per heavy atom. The number of carbonyl (C=O) groups excluding carboxylic acids is 2. The van der Waals surface area contributed by atoms with E-state index in [1.165, 1.54) is 4.68 Å². The molecule has 38 heavy (non-hydrogen) atoms. The number of benzene rings is 1. The molecule has 1 aromatic carbocycles. The second-order valence-corrected chi connectivity index (χ2v) is 9.47. The number of carbonyl (C=O) groups is 2. The SMILES string of the molecule is Cc1nc(-c2nnn(C)c2CNC(=O)OCc2cc(F)cc(F)c2)ccc1O[C@H]1CCCC(C=O)(CO)C1. The second kappa shape index (κ2) is 11.6. The monoisotopic (exact) mass is 529 g/mol. The van der Waals surface area contributed by atoms with Gasteiger partial charge in [-0.25, -0.2) is 23.2 Å². The summed E-state index contributed by atoms with van der Waals surface area (Å²) in [6.45, 7) is 1.31. The molecule has 2 N–H and O–H groups in total. The van der Waals surface area contributed by atoms with Crippen molar-refractivity contribution in [3.63, 3.8) is 0 Å². The number of aliphatic hydroxyl groups is 1. The molecule has 202 valence electrons. The number of amides is 1. The summed E-state index contributed by atoms with van der Waals surface area (Å²) in [6, 6.07) is 6.40. The molecular formula is C26H29F2N5O5. The average Bonchev–Trinajstić information content (AvgIpc) is 3.27. The van der Waals surface area contributed by atoms with E-state index < -0.39 is 23.1 Å². The Balaban J connectivity index is 1.39. The van der Waals surface area contributed by atoms with Crippen LogP contribution in [0.4, 0.5) is 13.6 Å². The van der Waals surface area contributed by atoms with E-state index in [2.05, 4.69) is 20.6 Å². The zero-order valence-corrected chi connectivity index (χ0v) is 21.1. The van der Waals surface area contributed by atoms with Crippen LogP contribution in [0.1, 0.15) is 42.6 Å². The maximum atomic E-state index is 13.3. The summed E-state index contributed by atoms with van der Waals surface area (Å²) >= 11 is 0. The largest absolute Gasteiger partial charge is 0.488 e. The van der Waals surface area contributed by atoms with Gasteiger partial charge in [0.05, 0.1) is 41.8 Å². The predicted octanol–water partition coefficient (Wildman–Crippen LogP) is 3.39. The maximum Gasteiger partial charge on any atom is 0.407 e. The van der Waals surface area contributed by atoms with Gasteiger partial charge in [0.15, 0.2) is 0 Å². The van der Waals surface area contributed by atoms with Crippen molar-refractivity contribution in [3.8, 4) is 17.1 Å². The first-order valence-electron chi connectivity index (χ1n) is 12.2. The van der Waals surface area contributed by atoms with Gasteiger partial charge in [0.2, 0.25) is 0 Å². The van der Waals surface area contributed by atoms with E-state index in [0.717, 1.165) is 37.3 Å². The Labute approximate surface area is 218 Å². The summed E-state index contributed by atoms with van der Waals surface area (Å²) < 4.78 is 39.3. The molecule has 1 aliphatic rings. The fourth-order valence-electron chi connectivity index (χ4n) is 4.54. The molecule has 10 nitrogen and oxygen atoms in total. The zero-order valence-electron chi connectivity index (χ0n) is 21.1. The van der Waals surface area contributed by atoms with E-state index in [4.69, 9.17) is 9.47 Å². The molecule has 0 spiro atoms. The minimum Gasteiger partial charge on any atom is -0.488 e. The van der Waals surface area contributed by atoms with E-state index in [9.17, 15) is 23.5 Å². The van der Waals surface area contributed by atoms with Crippen molar-refractivity contribution < 1.29 is 33.0 Å². The number of ether oxygens (including phenoxy) is 2. The Bertz CT molecular complexity index is 1300. The molecule has 2 heterocycles. The molecule has 1 fully saturated rings. The van der Waals surface area contributed by atoms with Gasteiger partial charge in [0, 0.05) is 13.1 Å². The number of aliphatic hydroxyl groups excluding tert-OH is 1. The van der Waals surface area contributed by atoms with E-state index in [-0.39, 0.29) is 31.4 Å². The van der Waals surface area contributed by atoms with Crippen LogP contribution in [0.25, 0.3) is 11.4 Å². The third-order valence-corrected chi connectivity index (χ3v) is 6.61. The maximum absolute atomic E-state index is 13.3. The van der Waals surface area contributed by atoms with E-state index in [0.29, 0.717) is 41.4 Å². The summed E-state index contributed by atoms with van der Waals surface area (Å²) in [5.74, 6) is -0.946. The minimum atomic E-state index is -0.781. The summed E-state index contributed by atoms with van der Waals surface area (Å²) in [4.78, 5) is 28.3. The van der Waals surface area contributed by atoms with Gasteiger partial charge in [-0.2, -0.15) is 0 Å². The molecule has 1 amide bonds. The van der Waals surface area contributed by atoms with Gasteiger partial charge in [0.1, 0.15) is 36.0 Å². The highest BCUT2D eigenvalue weighted by molar-refractivity contribution is 5.68. The Hall–Kier alpha value is -3.93. The standard InChI is InChI=1S/C26H29F2N5O5/c1-16-23(38-20-4-3-7-26(11-20,14-34)15-35)6-5-21(30-16)24-22(33(2)32-31-24)12-29-25(36)37-13-17-8-18(27)10-19(28)9-17/h5-6,8-10,14,20,35H,3-4,7,11-13,15H2,1-2H3,(H,29,36)/t20-,26?/m0/s1. The van der Waals surface area contributed by atoms with Gasteiger partial charge < -0.3 is 24.7 Å². The van der Waals surface area contributed by atoms with Gasteiger partial charge in [-0.1, -0.05) is 5.21 Å². The predicted molar refractivity (Wildman–Crippen MR) is 131 cm³/mol. The Morgan fingerprint density at radius 3 is 2.74 bits per heavy atom. The lowest BCUT2D eigenvalue weighted by Gasteiger charge is -2.35. The molecule has 1 aliphatic carbocycles. The molecule has 1 unspecified atom stereocenters. The Morgan fingerprint density at radius 2 is 2.05 bits per heavy atom. The number of rotatable bonds is 9. The highest BCUT2D eigenvalue weighted by Gasteiger charge is 2.37. The fraction of sp³-hybridized carbons (Fsp3) is 0.423. The lowest BCUT2D eigenvalue weighted by atomic mass is 9.74. The molecule has 4 rings (SSSR count). The summed E-state index contributed by atoms with van der Waals surface area (Å²) in [5.41, 5.74) is 1.56. The van der Waals surface area contributed by atoms with Gasteiger partial charge in [-0.05, 0) is 62.4 Å². The van der Waals surface area contributed by atoms with Crippen LogP contribution in [0.3, 0.4) is 0 Å². The van der Waals surface area contributed by atoms with Crippen molar-refractivity contribution in [2.24, 2.45) is 12.5 Å². The number of alkyl carbamates (subject to hydrolysis) is 1. The molecule has 0 saturated heterocycles. The van der Waals surface area contributed by atoms with Crippen molar-refractivity contribution in [2.75, 3.05) is 6.61 Å². The number of halogens is 2. The summed E-state index contributed by atoms with van der Waals surface area (Å²) in [6.07, 6.45) is 2.49. The number of aldehydes is 1. The van der Waals surface area contributed by atoms with Crippen LogP contribution in [-0.2, 0) is 29.7 Å². The lowest BCUT2D eigenvalue weighted by molar-refractivity contribution is -0.122. The first kappa shape index (κ1) is 27.1. The fourth-order valence-corrected chi connectivity index (χ4v) is 4.54. The zero-order chi connectivity index (χ0) is 27.3. The first-order valence-corrected chi connectivity index (χ1v) is 12.2. The van der Waals surface area contributed by atoms with E-state index in [1.807, 2.05) is 0 Å². The molecule has 0 aliphatic heterocycles. The summed E-state index contributed by atoms with van der Waals surface area (Å²) in [5, 5.41) is 20.5. The average molecular weight is 530 g/mol. The van der Waals surface area contributed by atoms with Crippen LogP contribution in [0, 0.1) is 24.0 Å². The second-order valence-electron chi connectivity index (χ2n) is 9.47. The van der Waals surface area contributed by atoms with E-state index in [1.54, 1.807) is 26.1 Å². The van der Waals surface area contributed by atoms with Crippen molar-refractivity contribution in [2.45, 2.75) is 51.9 Å². The molecule has 1 saturated carbocycles. The number of aryl methyl sites for hydroxylation is 2. The number of hydrogen-bond donors (Lipinski definition) is 2. The van der Waals surface area contributed by atoms with Crippen LogP contribution in [0.2, 0.25) is 0 Å². The van der Waals surface area contributed by atoms with E-state index >= 15 is 0 Å². The first-order chi connectivity index (χ1) is 18.2. The molecule has 0 bridgehead atoms. The number of nitrogens with zero attached hydrogens (tertiary/aromatic N) is 4. The molecule has 3 aromatic rings. The molecule has 12 heteroatoms. The third-order valence-electron chi connectivity index (χ3n) is 6.61. The number of aromatic nitrogens is 4. The van der Waals surface area contributed by atoms with Gasteiger partial charge in [0.25, 0.3) is 0 Å². The number of nitrogens with one attached hydrogen (secondary N) is 1. The summed E-state index contributed by atoms with van der Waals surface area (Å²) in [7, 11) is 1.67. The van der Waals surface area contributed by atoms with Crippen molar-refractivity contribution >= 4 is 12.4 Å². The number of pyridine rings is 1. The topological polar surface area (TPSA) is 128 Å². The molecule has 2 aromatic heterocycles. The van der Waals surface area contributed by atoms with Crippen LogP contribution in [0.15, 0.2) is 30.3 Å². The van der Waals surface area contributed by atoms with Crippen LogP contribution >= 0.6 is 0 Å². The Kier molecular flexibility index (Phi) is 8.30. The highest BCUT2D eigenvalue weighted by Crippen LogP contribution is 2.36. The van der Waals surface area contributed by atoms with Gasteiger partial charge in [-0.3, -0.25) is 0 Å². The smallest absolute Gasteiger partial charge is 0.407 e. The van der Waals surface area contributed by atoms with Crippen LogP contribution < -0.4 is 10.1 Å². The van der Waals surface area contributed by atoms with Crippen LogP contribution in [0.5, 0.6) is 5.75 Å². The quantitative estimate of drug-likeness (QED) is 0.404. The highest BCUT2D eigenvalue weighted by atomic mass is 19.1. The minimum absolute atomic E-state index is 0.0190. The van der Waals surface area contributed by atoms with Crippen molar-refractivity contribution in [3.05, 3.63) is 58.9 Å². The lowest BCUT2D eigenvalue weighted by Crippen LogP contribution is -2.38. The van der Waals surface area contributed by atoms with Gasteiger partial charge in [-0.15, -0.1) is 5.10 Å². The van der Waals surface area contributed by atoms with Gasteiger partial charge >= 0.3 is 6.09 Å². The van der Waals surface area contributed by atoms with Crippen molar-refractivity contribution in [1.29, 1.82) is 0 Å². The molecule has 0 radical (unpaired) electrons. The number of hydrogen-bond acceptors (Lipinski definition) is 8. The molecule has 2 atom stereocenters. The molecular weight excluding hydrogens is 500 g/mol. The third kappa shape index (κ3) is 6.31. The van der Waals surface area contributed by atoms with Crippen LogP contribution in [-0.4, -0.2) is 50.2 Å². The van der Waals surface area contributed by atoms with Crippen molar-refractivity contribution in [1.82, 2.24) is 25.3 Å².